The van der Waals surface area contributed by atoms with Gasteiger partial charge in [0.2, 0.25) is 0 Å². The van der Waals surface area contributed by atoms with Gasteiger partial charge >= 0.3 is 0 Å². The Morgan fingerprint density at radius 3 is 1.23 bits per heavy atom. The van der Waals surface area contributed by atoms with Gasteiger partial charge in [0, 0.05) is 45.7 Å². The highest BCUT2D eigenvalue weighted by atomic mass is 16.6. The highest BCUT2D eigenvalue weighted by Gasteiger charge is 2.19. The summed E-state index contributed by atoms with van der Waals surface area (Å²) in [5.41, 5.74) is 6.02. The molecule has 0 aromatic heterocycles. The molecule has 7 aromatic carbocycles. The standard InChI is InChI=1S/C38H27N3O2/c42-41(43)34-26-24-33(25-27-34)40(38-19-9-13-29-11-5-7-17-36(29)38)32-22-20-31(21-23-32)39(30-14-2-1-3-15-30)37-18-8-12-28-10-4-6-16-35(28)37/h1-27H. The van der Waals surface area contributed by atoms with E-state index < -0.39 is 0 Å². The van der Waals surface area contributed by atoms with Crippen molar-refractivity contribution in [2.45, 2.75) is 0 Å². The van der Waals surface area contributed by atoms with Gasteiger partial charge in [-0.2, -0.15) is 0 Å². The van der Waals surface area contributed by atoms with Gasteiger partial charge in [0.05, 0.1) is 16.3 Å². The van der Waals surface area contributed by atoms with E-state index in [1.165, 1.54) is 10.8 Å². The number of nitro groups is 1. The molecule has 206 valence electrons. The van der Waals surface area contributed by atoms with Gasteiger partial charge in [-0.1, -0.05) is 91.0 Å². The molecule has 0 unspecified atom stereocenters. The molecule has 0 amide bonds. The van der Waals surface area contributed by atoms with Crippen LogP contribution in [0.3, 0.4) is 0 Å². The first-order chi connectivity index (χ1) is 21.2. The average Bonchev–Trinajstić information content (AvgIpc) is 3.07. The highest BCUT2D eigenvalue weighted by molar-refractivity contribution is 6.00. The van der Waals surface area contributed by atoms with Crippen LogP contribution in [0.2, 0.25) is 0 Å². The first-order valence-corrected chi connectivity index (χ1v) is 14.1. The number of para-hydroxylation sites is 1. The van der Waals surface area contributed by atoms with Crippen molar-refractivity contribution in [2.75, 3.05) is 9.80 Å². The first kappa shape index (κ1) is 26.0. The third kappa shape index (κ3) is 4.94. The van der Waals surface area contributed by atoms with E-state index >= 15 is 0 Å². The number of hydrogen-bond acceptors (Lipinski definition) is 4. The predicted octanol–water partition coefficient (Wildman–Crippen LogP) is 10.8. The van der Waals surface area contributed by atoms with Gasteiger partial charge in [-0.25, -0.2) is 0 Å². The van der Waals surface area contributed by atoms with E-state index in [1.54, 1.807) is 24.3 Å². The fraction of sp³-hybridized carbons (Fsp3) is 0. The third-order valence-electron chi connectivity index (χ3n) is 7.71. The highest BCUT2D eigenvalue weighted by Crippen LogP contribution is 2.42. The molecule has 0 N–H and O–H groups in total. The molecule has 0 radical (unpaired) electrons. The van der Waals surface area contributed by atoms with Crippen LogP contribution in [0.1, 0.15) is 0 Å². The maximum Gasteiger partial charge on any atom is 0.269 e. The summed E-state index contributed by atoms with van der Waals surface area (Å²) in [7, 11) is 0. The molecule has 5 heteroatoms. The van der Waals surface area contributed by atoms with Gasteiger partial charge in [0.25, 0.3) is 5.69 Å². The van der Waals surface area contributed by atoms with Crippen LogP contribution >= 0.6 is 0 Å². The van der Waals surface area contributed by atoms with Crippen molar-refractivity contribution in [3.05, 3.63) is 174 Å². The molecule has 0 saturated heterocycles. The van der Waals surface area contributed by atoms with Crippen LogP contribution in [0.4, 0.5) is 39.8 Å². The molecule has 0 aliphatic carbocycles. The smallest absolute Gasteiger partial charge is 0.269 e. The van der Waals surface area contributed by atoms with Gasteiger partial charge in [-0.15, -0.1) is 0 Å². The minimum absolute atomic E-state index is 0.0607. The van der Waals surface area contributed by atoms with E-state index in [9.17, 15) is 10.1 Å². The zero-order valence-corrected chi connectivity index (χ0v) is 23.2. The lowest BCUT2D eigenvalue weighted by molar-refractivity contribution is -0.384. The minimum atomic E-state index is -0.369. The number of hydrogen-bond donors (Lipinski definition) is 0. The Bertz CT molecular complexity index is 2050. The molecular weight excluding hydrogens is 530 g/mol. The second-order valence-electron chi connectivity index (χ2n) is 10.3. The Hall–Kier alpha value is -5.94. The van der Waals surface area contributed by atoms with Crippen LogP contribution in [0.25, 0.3) is 21.5 Å². The molecule has 43 heavy (non-hydrogen) atoms. The maximum atomic E-state index is 11.4. The lowest BCUT2D eigenvalue weighted by Crippen LogP contribution is -2.12. The third-order valence-corrected chi connectivity index (χ3v) is 7.71. The van der Waals surface area contributed by atoms with Crippen molar-refractivity contribution in [1.82, 2.24) is 0 Å². The summed E-state index contributed by atoms with van der Waals surface area (Å²) < 4.78 is 0. The Labute approximate surface area is 249 Å². The molecule has 0 fully saturated rings. The van der Waals surface area contributed by atoms with E-state index in [-0.39, 0.29) is 10.6 Å². The van der Waals surface area contributed by atoms with E-state index in [0.29, 0.717) is 0 Å². The molecule has 0 spiro atoms. The van der Waals surface area contributed by atoms with E-state index in [4.69, 9.17) is 0 Å². The second kappa shape index (κ2) is 11.1. The normalized spacial score (nSPS) is 11.0. The number of rotatable bonds is 7. The Morgan fingerprint density at radius 1 is 0.395 bits per heavy atom. The molecule has 0 aliphatic heterocycles. The van der Waals surface area contributed by atoms with Crippen molar-refractivity contribution >= 4 is 61.4 Å². The fourth-order valence-corrected chi connectivity index (χ4v) is 5.71. The number of benzene rings is 7. The number of non-ortho nitro benzene ring substituents is 1. The summed E-state index contributed by atoms with van der Waals surface area (Å²) >= 11 is 0. The van der Waals surface area contributed by atoms with E-state index in [0.717, 1.165) is 44.9 Å². The van der Waals surface area contributed by atoms with Gasteiger partial charge in [0.15, 0.2) is 0 Å². The van der Waals surface area contributed by atoms with Crippen molar-refractivity contribution < 1.29 is 4.92 Å². The molecule has 0 atom stereocenters. The van der Waals surface area contributed by atoms with Crippen molar-refractivity contribution in [2.24, 2.45) is 0 Å². The summed E-state index contributed by atoms with van der Waals surface area (Å²) in [4.78, 5) is 15.5. The molecule has 0 heterocycles. The summed E-state index contributed by atoms with van der Waals surface area (Å²) in [6, 6.07) is 54.9. The number of fused-ring (bicyclic) bond motifs is 2. The summed E-state index contributed by atoms with van der Waals surface area (Å²) in [5, 5.41) is 16.0. The molecular formula is C38H27N3O2. The Kier molecular flexibility index (Phi) is 6.74. The topological polar surface area (TPSA) is 49.6 Å². The maximum absolute atomic E-state index is 11.4. The second-order valence-corrected chi connectivity index (χ2v) is 10.3. The van der Waals surface area contributed by atoms with Crippen LogP contribution in [0, 0.1) is 10.1 Å². The molecule has 0 bridgehead atoms. The Balaban J connectivity index is 1.38. The summed E-state index contributed by atoms with van der Waals surface area (Å²) in [6.07, 6.45) is 0. The van der Waals surface area contributed by atoms with Crippen molar-refractivity contribution in [3.8, 4) is 0 Å². The lowest BCUT2D eigenvalue weighted by Gasteiger charge is -2.29. The summed E-state index contributed by atoms with van der Waals surface area (Å²) in [6.45, 7) is 0. The molecule has 7 aromatic rings. The van der Waals surface area contributed by atoms with E-state index in [2.05, 4.69) is 125 Å². The quantitative estimate of drug-likeness (QED) is 0.144. The number of nitro benzene ring substituents is 1. The van der Waals surface area contributed by atoms with Gasteiger partial charge in [0.1, 0.15) is 0 Å². The zero-order chi connectivity index (χ0) is 29.2. The largest absolute Gasteiger partial charge is 0.310 e. The van der Waals surface area contributed by atoms with Crippen LogP contribution in [0.15, 0.2) is 164 Å². The lowest BCUT2D eigenvalue weighted by atomic mass is 10.1. The van der Waals surface area contributed by atoms with Gasteiger partial charge in [-0.05, 0) is 71.4 Å². The number of nitrogens with zero attached hydrogens (tertiary/aromatic N) is 3. The zero-order valence-electron chi connectivity index (χ0n) is 23.2. The first-order valence-electron chi connectivity index (χ1n) is 14.1. The van der Waals surface area contributed by atoms with Crippen molar-refractivity contribution in [3.63, 3.8) is 0 Å². The Morgan fingerprint density at radius 2 is 0.767 bits per heavy atom. The van der Waals surface area contributed by atoms with Crippen LogP contribution in [-0.4, -0.2) is 4.92 Å². The minimum Gasteiger partial charge on any atom is -0.310 e. The molecule has 7 rings (SSSR count). The predicted molar refractivity (Wildman–Crippen MR) is 177 cm³/mol. The monoisotopic (exact) mass is 557 g/mol. The number of anilines is 6. The molecule has 0 saturated carbocycles. The van der Waals surface area contributed by atoms with Gasteiger partial charge in [-0.3, -0.25) is 10.1 Å². The van der Waals surface area contributed by atoms with E-state index in [1.807, 2.05) is 24.3 Å². The van der Waals surface area contributed by atoms with Crippen LogP contribution < -0.4 is 9.80 Å². The van der Waals surface area contributed by atoms with Crippen LogP contribution in [0.5, 0.6) is 0 Å². The SMILES string of the molecule is O=[N+]([O-])c1ccc(N(c2ccc(N(c3ccccc3)c3cccc4ccccc34)cc2)c2cccc3ccccc23)cc1. The average molecular weight is 558 g/mol. The molecule has 0 aliphatic rings. The van der Waals surface area contributed by atoms with Crippen LogP contribution in [-0.2, 0) is 0 Å². The summed E-state index contributed by atoms with van der Waals surface area (Å²) in [5.74, 6) is 0. The molecule has 5 nitrogen and oxygen atoms in total. The van der Waals surface area contributed by atoms with Gasteiger partial charge < -0.3 is 9.80 Å². The van der Waals surface area contributed by atoms with Crippen molar-refractivity contribution in [1.29, 1.82) is 0 Å². The fourth-order valence-electron chi connectivity index (χ4n) is 5.71.